The molecule has 0 aliphatic carbocycles. The molecule has 2 aromatic rings. The Hall–Kier alpha value is -2.63. The lowest BCUT2D eigenvalue weighted by molar-refractivity contribution is -0.131. The maximum atomic E-state index is 14.1. The largest absolute Gasteiger partial charge is 0.478 e. The summed E-state index contributed by atoms with van der Waals surface area (Å²) in [6.07, 6.45) is 5.95. The van der Waals surface area contributed by atoms with Gasteiger partial charge in [0.15, 0.2) is 0 Å². The van der Waals surface area contributed by atoms with Crippen molar-refractivity contribution in [2.75, 3.05) is 11.9 Å². The van der Waals surface area contributed by atoms with E-state index in [9.17, 15) is 9.18 Å². The number of aliphatic carboxylic acids is 1. The molecular weight excluding hydrogens is 273 g/mol. The van der Waals surface area contributed by atoms with E-state index in [1.807, 2.05) is 13.2 Å². The number of hydrogen-bond acceptors (Lipinski definition) is 3. The van der Waals surface area contributed by atoms with Gasteiger partial charge in [-0.3, -0.25) is 4.68 Å². The molecule has 1 aromatic carbocycles. The lowest BCUT2D eigenvalue weighted by atomic mass is 10.1. The highest BCUT2D eigenvalue weighted by Crippen LogP contribution is 2.21. The van der Waals surface area contributed by atoms with Crippen LogP contribution in [0.2, 0.25) is 0 Å². The first kappa shape index (κ1) is 14.8. The molecule has 0 atom stereocenters. The highest BCUT2D eigenvalue weighted by Gasteiger charge is 2.09. The molecule has 0 amide bonds. The Morgan fingerprint density at radius 3 is 2.86 bits per heavy atom. The molecule has 21 heavy (non-hydrogen) atoms. The smallest absolute Gasteiger partial charge is 0.328 e. The molecule has 1 N–H and O–H groups in total. The van der Waals surface area contributed by atoms with Crippen LogP contribution in [0.4, 0.5) is 10.1 Å². The quantitative estimate of drug-likeness (QED) is 0.858. The fourth-order valence-electron chi connectivity index (χ4n) is 2.02. The van der Waals surface area contributed by atoms with Crippen LogP contribution in [-0.2, 0) is 18.4 Å². The van der Waals surface area contributed by atoms with Crippen LogP contribution in [0.25, 0.3) is 6.08 Å². The average Bonchev–Trinajstić information content (AvgIpc) is 2.81. The zero-order chi connectivity index (χ0) is 15.4. The summed E-state index contributed by atoms with van der Waals surface area (Å²) >= 11 is 0. The Balaban J connectivity index is 2.14. The van der Waals surface area contributed by atoms with E-state index in [2.05, 4.69) is 5.10 Å². The summed E-state index contributed by atoms with van der Waals surface area (Å²) < 4.78 is 15.8. The second-order valence-electron chi connectivity index (χ2n) is 4.76. The van der Waals surface area contributed by atoms with Crippen molar-refractivity contribution in [1.82, 2.24) is 9.78 Å². The second-order valence-corrected chi connectivity index (χ2v) is 4.76. The highest BCUT2D eigenvalue weighted by atomic mass is 19.1. The van der Waals surface area contributed by atoms with Crippen molar-refractivity contribution in [1.29, 1.82) is 0 Å². The normalized spacial score (nSPS) is 11.0. The maximum Gasteiger partial charge on any atom is 0.328 e. The molecule has 1 heterocycles. The Morgan fingerprint density at radius 2 is 2.29 bits per heavy atom. The Bertz CT molecular complexity index is 679. The van der Waals surface area contributed by atoms with E-state index in [-0.39, 0.29) is 0 Å². The van der Waals surface area contributed by atoms with Crippen molar-refractivity contribution >= 4 is 17.7 Å². The number of aryl methyl sites for hydroxylation is 1. The summed E-state index contributed by atoms with van der Waals surface area (Å²) in [6.45, 7) is 0.537. The van der Waals surface area contributed by atoms with Gasteiger partial charge in [-0.1, -0.05) is 6.07 Å². The number of carbonyl (C=O) groups is 1. The fourth-order valence-corrected chi connectivity index (χ4v) is 2.02. The number of benzene rings is 1. The highest BCUT2D eigenvalue weighted by molar-refractivity contribution is 5.85. The first-order valence-electron chi connectivity index (χ1n) is 6.35. The van der Waals surface area contributed by atoms with Crippen molar-refractivity contribution in [3.63, 3.8) is 0 Å². The molecule has 5 nitrogen and oxygen atoms in total. The standard InChI is InChI=1S/C15H16FN3O2/c1-18(9-12-8-17-19(2)10-12)14-5-3-11(7-13(14)16)4-6-15(20)21/h3-8,10H,9H2,1-2H3,(H,20,21). The molecule has 110 valence electrons. The van der Waals surface area contributed by atoms with E-state index in [0.717, 1.165) is 11.6 Å². The lowest BCUT2D eigenvalue weighted by Crippen LogP contribution is -2.17. The van der Waals surface area contributed by atoms with Crippen molar-refractivity contribution in [2.45, 2.75) is 6.54 Å². The van der Waals surface area contributed by atoms with Crippen LogP contribution >= 0.6 is 0 Å². The van der Waals surface area contributed by atoms with Crippen LogP contribution in [0, 0.1) is 5.82 Å². The monoisotopic (exact) mass is 289 g/mol. The van der Waals surface area contributed by atoms with Gasteiger partial charge < -0.3 is 10.0 Å². The molecule has 0 saturated heterocycles. The van der Waals surface area contributed by atoms with Crippen LogP contribution in [0.15, 0.2) is 36.7 Å². The summed E-state index contributed by atoms with van der Waals surface area (Å²) in [4.78, 5) is 12.2. The van der Waals surface area contributed by atoms with Crippen LogP contribution in [0.5, 0.6) is 0 Å². The summed E-state index contributed by atoms with van der Waals surface area (Å²) in [7, 11) is 3.62. The van der Waals surface area contributed by atoms with Crippen molar-refractivity contribution in [3.8, 4) is 0 Å². The maximum absolute atomic E-state index is 14.1. The van der Waals surface area contributed by atoms with E-state index < -0.39 is 11.8 Å². The molecule has 0 fully saturated rings. The number of carboxylic acids is 1. The SMILES string of the molecule is CN(Cc1cnn(C)c1)c1ccc(C=CC(=O)O)cc1F. The number of nitrogens with zero attached hydrogens (tertiary/aromatic N) is 3. The van der Waals surface area contributed by atoms with Gasteiger partial charge in [0.25, 0.3) is 0 Å². The van der Waals surface area contributed by atoms with Gasteiger partial charge in [0.1, 0.15) is 5.82 Å². The minimum Gasteiger partial charge on any atom is -0.478 e. The summed E-state index contributed by atoms with van der Waals surface area (Å²) in [5.41, 5.74) is 1.94. The van der Waals surface area contributed by atoms with Gasteiger partial charge in [-0.25, -0.2) is 9.18 Å². The van der Waals surface area contributed by atoms with Crippen molar-refractivity contribution in [3.05, 3.63) is 53.6 Å². The predicted molar refractivity (Wildman–Crippen MR) is 78.4 cm³/mol. The minimum absolute atomic E-state index is 0.395. The van der Waals surface area contributed by atoms with Gasteiger partial charge in [0, 0.05) is 38.5 Å². The van der Waals surface area contributed by atoms with E-state index in [4.69, 9.17) is 5.11 Å². The number of aromatic nitrogens is 2. The number of rotatable bonds is 5. The Morgan fingerprint density at radius 1 is 1.52 bits per heavy atom. The molecule has 2 rings (SSSR count). The first-order valence-corrected chi connectivity index (χ1v) is 6.35. The number of hydrogen-bond donors (Lipinski definition) is 1. The van der Waals surface area contributed by atoms with Gasteiger partial charge in [-0.05, 0) is 23.8 Å². The van der Waals surface area contributed by atoms with Gasteiger partial charge in [-0.2, -0.15) is 5.10 Å². The lowest BCUT2D eigenvalue weighted by Gasteiger charge is -2.19. The molecule has 0 spiro atoms. The molecule has 1 aromatic heterocycles. The number of carboxylic acid groups (broad SMARTS) is 1. The fraction of sp³-hybridized carbons (Fsp3) is 0.200. The molecule has 0 aliphatic rings. The van der Waals surface area contributed by atoms with E-state index in [1.165, 1.54) is 12.1 Å². The number of halogens is 1. The minimum atomic E-state index is -1.06. The van der Waals surface area contributed by atoms with Crippen LogP contribution in [-0.4, -0.2) is 27.9 Å². The molecule has 0 bridgehead atoms. The third kappa shape index (κ3) is 3.92. The predicted octanol–water partition coefficient (Wildman–Crippen LogP) is 2.29. The van der Waals surface area contributed by atoms with Crippen LogP contribution in [0.3, 0.4) is 0 Å². The van der Waals surface area contributed by atoms with Crippen LogP contribution in [0.1, 0.15) is 11.1 Å². The van der Waals surface area contributed by atoms with Gasteiger partial charge >= 0.3 is 5.97 Å². The summed E-state index contributed by atoms with van der Waals surface area (Å²) in [5.74, 6) is -1.46. The molecule has 0 unspecified atom stereocenters. The number of anilines is 1. The summed E-state index contributed by atoms with van der Waals surface area (Å²) in [6, 6.07) is 4.62. The third-order valence-corrected chi connectivity index (χ3v) is 2.98. The molecular formula is C15H16FN3O2. The van der Waals surface area contributed by atoms with Crippen molar-refractivity contribution in [2.24, 2.45) is 7.05 Å². The second kappa shape index (κ2) is 6.21. The van der Waals surface area contributed by atoms with Gasteiger partial charge in [0.2, 0.25) is 0 Å². The average molecular weight is 289 g/mol. The first-order chi connectivity index (χ1) is 9.95. The molecule has 0 saturated carbocycles. The zero-order valence-corrected chi connectivity index (χ0v) is 11.8. The van der Waals surface area contributed by atoms with Gasteiger partial charge in [-0.15, -0.1) is 0 Å². The Labute approximate surface area is 121 Å². The van der Waals surface area contributed by atoms with E-state index >= 15 is 0 Å². The third-order valence-electron chi connectivity index (χ3n) is 2.98. The van der Waals surface area contributed by atoms with E-state index in [1.54, 1.807) is 35.0 Å². The van der Waals surface area contributed by atoms with Crippen LogP contribution < -0.4 is 4.90 Å². The zero-order valence-electron chi connectivity index (χ0n) is 11.8. The summed E-state index contributed by atoms with van der Waals surface area (Å²) in [5, 5.41) is 12.6. The van der Waals surface area contributed by atoms with Crippen molar-refractivity contribution < 1.29 is 14.3 Å². The Kier molecular flexibility index (Phi) is 4.37. The molecule has 0 aliphatic heterocycles. The molecule has 0 radical (unpaired) electrons. The van der Waals surface area contributed by atoms with Gasteiger partial charge in [0.05, 0.1) is 11.9 Å². The topological polar surface area (TPSA) is 58.4 Å². The van der Waals surface area contributed by atoms with E-state index in [0.29, 0.717) is 17.8 Å². The molecule has 6 heteroatoms.